The number of benzene rings is 2. The molecule has 5 heteroatoms. The van der Waals surface area contributed by atoms with Gasteiger partial charge in [0.2, 0.25) is 0 Å². The van der Waals surface area contributed by atoms with E-state index in [4.69, 9.17) is 21.3 Å². The molecule has 1 amide bonds. The van der Waals surface area contributed by atoms with Crippen molar-refractivity contribution in [3.8, 4) is 6.07 Å². The van der Waals surface area contributed by atoms with Crippen LogP contribution < -0.4 is 5.32 Å². The fourth-order valence-corrected chi connectivity index (χ4v) is 2.13. The van der Waals surface area contributed by atoms with Gasteiger partial charge in [0.15, 0.2) is 5.76 Å². The summed E-state index contributed by atoms with van der Waals surface area (Å²) in [6, 6.07) is 15.4. The molecular formula is C16H9ClN2O2. The Morgan fingerprint density at radius 3 is 2.62 bits per heavy atom. The molecule has 0 fully saturated rings. The van der Waals surface area contributed by atoms with Crippen LogP contribution in [0.15, 0.2) is 52.9 Å². The van der Waals surface area contributed by atoms with Gasteiger partial charge >= 0.3 is 0 Å². The largest absolute Gasteiger partial charge is 0.451 e. The van der Waals surface area contributed by atoms with Gasteiger partial charge in [-0.2, -0.15) is 5.26 Å². The average molecular weight is 297 g/mol. The zero-order valence-corrected chi connectivity index (χ0v) is 11.5. The summed E-state index contributed by atoms with van der Waals surface area (Å²) in [7, 11) is 0. The number of furan rings is 1. The maximum absolute atomic E-state index is 12.1. The van der Waals surface area contributed by atoms with Gasteiger partial charge in [-0.3, -0.25) is 4.79 Å². The minimum absolute atomic E-state index is 0.205. The number of rotatable bonds is 2. The first kappa shape index (κ1) is 13.2. The van der Waals surface area contributed by atoms with Crippen molar-refractivity contribution in [3.05, 3.63) is 64.9 Å². The SMILES string of the molecule is N#Cc1ccc(NC(=O)c2cc3cc(Cl)ccc3o2)cc1. The predicted octanol–water partition coefficient (Wildman–Crippen LogP) is 4.21. The number of hydrogen-bond acceptors (Lipinski definition) is 3. The highest BCUT2D eigenvalue weighted by Crippen LogP contribution is 2.23. The van der Waals surface area contributed by atoms with Gasteiger partial charge in [-0.05, 0) is 48.5 Å². The molecule has 0 spiro atoms. The van der Waals surface area contributed by atoms with Gasteiger partial charge in [-0.15, -0.1) is 0 Å². The Morgan fingerprint density at radius 2 is 1.90 bits per heavy atom. The normalized spacial score (nSPS) is 10.3. The quantitative estimate of drug-likeness (QED) is 0.770. The second kappa shape index (κ2) is 5.31. The number of nitrogens with one attached hydrogen (secondary N) is 1. The fourth-order valence-electron chi connectivity index (χ4n) is 1.95. The number of nitriles is 1. The van der Waals surface area contributed by atoms with E-state index in [9.17, 15) is 4.79 Å². The number of carbonyl (C=O) groups excluding carboxylic acids is 1. The summed E-state index contributed by atoms with van der Waals surface area (Å²) in [6.07, 6.45) is 0. The van der Waals surface area contributed by atoms with Crippen LogP contribution in [0.2, 0.25) is 5.02 Å². The van der Waals surface area contributed by atoms with Gasteiger partial charge in [-0.25, -0.2) is 0 Å². The molecule has 0 aliphatic carbocycles. The lowest BCUT2D eigenvalue weighted by atomic mass is 10.2. The summed E-state index contributed by atoms with van der Waals surface area (Å²) in [5.41, 5.74) is 1.73. The Morgan fingerprint density at radius 1 is 1.14 bits per heavy atom. The lowest BCUT2D eigenvalue weighted by Crippen LogP contribution is -2.10. The maximum Gasteiger partial charge on any atom is 0.291 e. The Bertz CT molecular complexity index is 860. The number of nitrogens with zero attached hydrogens (tertiary/aromatic N) is 1. The minimum atomic E-state index is -0.355. The number of fused-ring (bicyclic) bond motifs is 1. The van der Waals surface area contributed by atoms with Crippen molar-refractivity contribution in [2.75, 3.05) is 5.32 Å². The molecule has 21 heavy (non-hydrogen) atoms. The van der Waals surface area contributed by atoms with E-state index in [2.05, 4.69) is 5.32 Å². The van der Waals surface area contributed by atoms with Gasteiger partial charge in [0.05, 0.1) is 11.6 Å². The standard InChI is InChI=1S/C16H9ClN2O2/c17-12-3-6-14-11(7-12)8-15(21-14)16(20)19-13-4-1-10(9-18)2-5-13/h1-8H,(H,19,20). The van der Waals surface area contributed by atoms with E-state index in [1.807, 2.05) is 6.07 Å². The van der Waals surface area contributed by atoms with Crippen molar-refractivity contribution < 1.29 is 9.21 Å². The van der Waals surface area contributed by atoms with Crippen LogP contribution in [0, 0.1) is 11.3 Å². The number of carbonyl (C=O) groups is 1. The molecule has 102 valence electrons. The Balaban J connectivity index is 1.84. The summed E-state index contributed by atoms with van der Waals surface area (Å²) < 4.78 is 5.48. The predicted molar refractivity (Wildman–Crippen MR) is 80.3 cm³/mol. The highest BCUT2D eigenvalue weighted by molar-refractivity contribution is 6.31. The smallest absolute Gasteiger partial charge is 0.291 e. The Labute approximate surface area is 125 Å². The van der Waals surface area contributed by atoms with E-state index >= 15 is 0 Å². The molecule has 0 radical (unpaired) electrons. The maximum atomic E-state index is 12.1. The van der Waals surface area contributed by atoms with Gasteiger partial charge in [0, 0.05) is 16.1 Å². The molecule has 0 bridgehead atoms. The number of hydrogen-bond donors (Lipinski definition) is 1. The molecule has 0 saturated heterocycles. The highest BCUT2D eigenvalue weighted by Gasteiger charge is 2.12. The lowest BCUT2D eigenvalue weighted by Gasteiger charge is -2.02. The summed E-state index contributed by atoms with van der Waals surface area (Å²) >= 11 is 5.90. The van der Waals surface area contributed by atoms with E-state index in [0.717, 1.165) is 5.39 Å². The highest BCUT2D eigenvalue weighted by atomic mass is 35.5. The van der Waals surface area contributed by atoms with Crippen LogP contribution in [0.25, 0.3) is 11.0 Å². The molecule has 0 unspecified atom stereocenters. The summed E-state index contributed by atoms with van der Waals surface area (Å²) in [5.74, 6) is -0.149. The average Bonchev–Trinajstić information content (AvgIpc) is 2.91. The number of halogens is 1. The molecule has 0 saturated carbocycles. The zero-order chi connectivity index (χ0) is 14.8. The van der Waals surface area contributed by atoms with Gasteiger partial charge in [-0.1, -0.05) is 11.6 Å². The van der Waals surface area contributed by atoms with Crippen LogP contribution in [0.1, 0.15) is 16.1 Å². The molecule has 1 aromatic heterocycles. The lowest BCUT2D eigenvalue weighted by molar-refractivity contribution is 0.0998. The number of amides is 1. The molecule has 3 rings (SSSR count). The molecule has 4 nitrogen and oxygen atoms in total. The van der Waals surface area contributed by atoms with Crippen LogP contribution in [-0.4, -0.2) is 5.91 Å². The molecule has 1 N–H and O–H groups in total. The van der Waals surface area contributed by atoms with Crippen LogP contribution >= 0.6 is 11.6 Å². The first-order chi connectivity index (χ1) is 10.2. The third-order valence-corrected chi connectivity index (χ3v) is 3.21. The second-order valence-corrected chi connectivity index (χ2v) is 4.87. The summed E-state index contributed by atoms with van der Waals surface area (Å²) in [5, 5.41) is 12.8. The molecule has 2 aromatic carbocycles. The van der Waals surface area contributed by atoms with Gasteiger partial charge in [0.1, 0.15) is 5.58 Å². The van der Waals surface area contributed by atoms with Crippen molar-refractivity contribution in [2.24, 2.45) is 0 Å². The molecule has 1 heterocycles. The molecule has 0 aliphatic rings. The molecule has 3 aromatic rings. The third kappa shape index (κ3) is 2.73. The third-order valence-electron chi connectivity index (χ3n) is 2.97. The van der Waals surface area contributed by atoms with Crippen molar-refractivity contribution >= 4 is 34.2 Å². The van der Waals surface area contributed by atoms with Crippen LogP contribution in [0.3, 0.4) is 0 Å². The fraction of sp³-hybridized carbons (Fsp3) is 0. The first-order valence-corrected chi connectivity index (χ1v) is 6.54. The van der Waals surface area contributed by atoms with Crippen LogP contribution in [-0.2, 0) is 0 Å². The van der Waals surface area contributed by atoms with E-state index in [1.165, 1.54) is 0 Å². The Kier molecular flexibility index (Phi) is 3.35. The number of anilines is 1. The molecule has 0 aliphatic heterocycles. The van der Waals surface area contributed by atoms with Crippen LogP contribution in [0.5, 0.6) is 0 Å². The second-order valence-electron chi connectivity index (χ2n) is 4.44. The van der Waals surface area contributed by atoms with Crippen molar-refractivity contribution in [1.82, 2.24) is 0 Å². The molecular weight excluding hydrogens is 288 g/mol. The summed E-state index contributed by atoms with van der Waals surface area (Å²) in [4.78, 5) is 12.1. The van der Waals surface area contributed by atoms with Crippen molar-refractivity contribution in [3.63, 3.8) is 0 Å². The monoisotopic (exact) mass is 296 g/mol. The zero-order valence-electron chi connectivity index (χ0n) is 10.8. The topological polar surface area (TPSA) is 66.0 Å². The van der Waals surface area contributed by atoms with Gasteiger partial charge in [0.25, 0.3) is 5.91 Å². The van der Waals surface area contributed by atoms with E-state index in [-0.39, 0.29) is 11.7 Å². The minimum Gasteiger partial charge on any atom is -0.451 e. The van der Waals surface area contributed by atoms with Gasteiger partial charge < -0.3 is 9.73 Å². The van der Waals surface area contributed by atoms with Crippen molar-refractivity contribution in [2.45, 2.75) is 0 Å². The first-order valence-electron chi connectivity index (χ1n) is 6.16. The van der Waals surface area contributed by atoms with Crippen molar-refractivity contribution in [1.29, 1.82) is 5.26 Å². The van der Waals surface area contributed by atoms with E-state index in [0.29, 0.717) is 21.9 Å². The van der Waals surface area contributed by atoms with Crippen LogP contribution in [0.4, 0.5) is 5.69 Å². The Hall–Kier alpha value is -2.77. The summed E-state index contributed by atoms with van der Waals surface area (Å²) in [6.45, 7) is 0. The van der Waals surface area contributed by atoms with E-state index < -0.39 is 0 Å². The molecule has 0 atom stereocenters. The van der Waals surface area contributed by atoms with E-state index in [1.54, 1.807) is 48.5 Å².